The number of halogens is 2. The van der Waals surface area contributed by atoms with E-state index < -0.39 is 10.0 Å². The van der Waals surface area contributed by atoms with E-state index in [1.165, 1.54) is 16.7 Å². The van der Waals surface area contributed by atoms with Crippen LogP contribution in [-0.2, 0) is 16.6 Å². The zero-order chi connectivity index (χ0) is 17.4. The number of rotatable bonds is 5. The highest BCUT2D eigenvalue weighted by Crippen LogP contribution is 2.31. The van der Waals surface area contributed by atoms with Gasteiger partial charge >= 0.3 is 5.69 Å². The summed E-state index contributed by atoms with van der Waals surface area (Å²) in [6.07, 6.45) is 1.78. The van der Waals surface area contributed by atoms with Crippen LogP contribution in [0.25, 0.3) is 5.69 Å². The Bertz CT molecular complexity index is 903. The van der Waals surface area contributed by atoms with Crippen LogP contribution in [0.5, 0.6) is 0 Å². The maximum absolute atomic E-state index is 12.4. The summed E-state index contributed by atoms with van der Waals surface area (Å²) in [7, 11) is -3.52. The first kappa shape index (κ1) is 17.8. The lowest BCUT2D eigenvalue weighted by Gasteiger charge is -2.10. The molecule has 1 aromatic heterocycles. The second-order valence-electron chi connectivity index (χ2n) is 5.05. The molecule has 1 N–H and O–H groups in total. The van der Waals surface area contributed by atoms with Crippen LogP contribution in [0.4, 0.5) is 5.69 Å². The monoisotopic (exact) mass is 378 g/mol. The van der Waals surface area contributed by atoms with E-state index in [1.807, 2.05) is 6.92 Å². The van der Waals surface area contributed by atoms with Crippen molar-refractivity contribution in [3.05, 3.63) is 38.5 Å². The number of aromatic nitrogens is 3. The lowest BCUT2D eigenvalue weighted by atomic mass is 10.3. The molecule has 0 bridgehead atoms. The Kier molecular flexibility index (Phi) is 5.07. The van der Waals surface area contributed by atoms with Gasteiger partial charge in [0.1, 0.15) is 5.82 Å². The number of nitrogens with one attached hydrogen (secondary N) is 1. The SMILES string of the molecule is CCCn1c(C)nn(-c2cc(NS(C)(=O)=O)c(Cl)cc2Cl)c1=O. The molecule has 126 valence electrons. The average Bonchev–Trinajstić information content (AvgIpc) is 2.69. The molecule has 0 aliphatic heterocycles. The third-order valence-electron chi connectivity index (χ3n) is 3.05. The Morgan fingerprint density at radius 2 is 1.91 bits per heavy atom. The smallest absolute Gasteiger partial charge is 0.282 e. The number of anilines is 1. The summed E-state index contributed by atoms with van der Waals surface area (Å²) in [4.78, 5) is 12.4. The maximum Gasteiger partial charge on any atom is 0.350 e. The number of aryl methyl sites for hydroxylation is 1. The Morgan fingerprint density at radius 1 is 1.26 bits per heavy atom. The molecule has 0 unspecified atom stereocenters. The van der Waals surface area contributed by atoms with Gasteiger partial charge in [0.05, 0.1) is 27.7 Å². The van der Waals surface area contributed by atoms with Crippen molar-refractivity contribution in [3.8, 4) is 5.69 Å². The summed E-state index contributed by atoms with van der Waals surface area (Å²) in [5.41, 5.74) is 0.0345. The molecule has 0 radical (unpaired) electrons. The van der Waals surface area contributed by atoms with E-state index in [1.54, 1.807) is 6.92 Å². The van der Waals surface area contributed by atoms with Crippen LogP contribution in [0.2, 0.25) is 10.0 Å². The van der Waals surface area contributed by atoms with Crippen LogP contribution in [0, 0.1) is 6.92 Å². The second kappa shape index (κ2) is 6.54. The maximum atomic E-state index is 12.4. The molecule has 0 atom stereocenters. The number of nitrogens with zero attached hydrogens (tertiary/aromatic N) is 3. The summed E-state index contributed by atoms with van der Waals surface area (Å²) in [6, 6.07) is 2.75. The third kappa shape index (κ3) is 3.88. The van der Waals surface area contributed by atoms with E-state index >= 15 is 0 Å². The number of sulfonamides is 1. The quantitative estimate of drug-likeness (QED) is 0.865. The van der Waals surface area contributed by atoms with Crippen LogP contribution < -0.4 is 10.4 Å². The fourth-order valence-corrected chi connectivity index (χ4v) is 3.24. The van der Waals surface area contributed by atoms with Crippen LogP contribution in [0.1, 0.15) is 19.2 Å². The van der Waals surface area contributed by atoms with Gasteiger partial charge in [-0.1, -0.05) is 30.1 Å². The normalized spacial score (nSPS) is 11.7. The van der Waals surface area contributed by atoms with Crippen molar-refractivity contribution in [2.75, 3.05) is 11.0 Å². The van der Waals surface area contributed by atoms with Gasteiger partial charge in [-0.05, 0) is 25.5 Å². The minimum atomic E-state index is -3.52. The Labute approximate surface area is 143 Å². The van der Waals surface area contributed by atoms with Gasteiger partial charge in [-0.2, -0.15) is 9.78 Å². The topological polar surface area (TPSA) is 86.0 Å². The highest BCUT2D eigenvalue weighted by Gasteiger charge is 2.17. The minimum Gasteiger partial charge on any atom is -0.282 e. The summed E-state index contributed by atoms with van der Waals surface area (Å²) < 4.78 is 27.8. The van der Waals surface area contributed by atoms with E-state index in [4.69, 9.17) is 23.2 Å². The Balaban J connectivity index is 2.63. The number of hydrogen-bond donors (Lipinski definition) is 1. The van der Waals surface area contributed by atoms with Gasteiger partial charge in [0, 0.05) is 6.54 Å². The molecule has 1 aromatic carbocycles. The van der Waals surface area contributed by atoms with E-state index in [2.05, 4.69) is 9.82 Å². The predicted molar refractivity (Wildman–Crippen MR) is 91.3 cm³/mol. The average molecular weight is 379 g/mol. The van der Waals surface area contributed by atoms with E-state index in [0.717, 1.165) is 17.4 Å². The van der Waals surface area contributed by atoms with Crippen LogP contribution in [-0.4, -0.2) is 29.0 Å². The lowest BCUT2D eigenvalue weighted by Crippen LogP contribution is -2.24. The van der Waals surface area contributed by atoms with Crippen molar-refractivity contribution in [1.29, 1.82) is 0 Å². The van der Waals surface area contributed by atoms with E-state index in [-0.39, 0.29) is 27.1 Å². The molecule has 2 rings (SSSR count). The summed E-state index contributed by atoms with van der Waals surface area (Å²) in [5, 5.41) is 4.51. The Morgan fingerprint density at radius 3 is 2.48 bits per heavy atom. The molecule has 10 heteroatoms. The molecule has 0 saturated heterocycles. The molecule has 0 spiro atoms. The minimum absolute atomic E-state index is 0.127. The molecule has 0 aliphatic carbocycles. The molecule has 0 fully saturated rings. The van der Waals surface area contributed by atoms with Crippen molar-refractivity contribution < 1.29 is 8.42 Å². The summed E-state index contributed by atoms with van der Waals surface area (Å²) >= 11 is 12.1. The van der Waals surface area contributed by atoms with Gasteiger partial charge < -0.3 is 0 Å². The largest absolute Gasteiger partial charge is 0.350 e. The zero-order valence-electron chi connectivity index (χ0n) is 12.8. The molecule has 23 heavy (non-hydrogen) atoms. The van der Waals surface area contributed by atoms with Crippen molar-refractivity contribution in [2.45, 2.75) is 26.8 Å². The van der Waals surface area contributed by atoms with Crippen LogP contribution >= 0.6 is 23.2 Å². The fourth-order valence-electron chi connectivity index (χ4n) is 2.11. The first-order chi connectivity index (χ1) is 10.6. The van der Waals surface area contributed by atoms with Crippen molar-refractivity contribution >= 4 is 38.9 Å². The van der Waals surface area contributed by atoms with Gasteiger partial charge in [-0.15, -0.1) is 0 Å². The van der Waals surface area contributed by atoms with Crippen molar-refractivity contribution in [3.63, 3.8) is 0 Å². The molecule has 7 nitrogen and oxygen atoms in total. The van der Waals surface area contributed by atoms with Crippen LogP contribution in [0.3, 0.4) is 0 Å². The van der Waals surface area contributed by atoms with Gasteiger partial charge in [0.25, 0.3) is 0 Å². The second-order valence-corrected chi connectivity index (χ2v) is 7.61. The molecular weight excluding hydrogens is 363 g/mol. The first-order valence-corrected chi connectivity index (χ1v) is 9.42. The number of benzene rings is 1. The van der Waals surface area contributed by atoms with Gasteiger partial charge in [0.2, 0.25) is 10.0 Å². The summed E-state index contributed by atoms with van der Waals surface area (Å²) in [6.45, 7) is 4.20. The molecule has 0 amide bonds. The zero-order valence-corrected chi connectivity index (χ0v) is 15.1. The molecular formula is C13H16Cl2N4O3S. The van der Waals surface area contributed by atoms with Crippen molar-refractivity contribution in [1.82, 2.24) is 14.3 Å². The van der Waals surface area contributed by atoms with E-state index in [9.17, 15) is 13.2 Å². The highest BCUT2D eigenvalue weighted by atomic mass is 35.5. The molecule has 0 saturated carbocycles. The number of hydrogen-bond acceptors (Lipinski definition) is 4. The Hall–Kier alpha value is -1.51. The van der Waals surface area contributed by atoms with Gasteiger partial charge in [-0.3, -0.25) is 9.29 Å². The third-order valence-corrected chi connectivity index (χ3v) is 4.26. The fraction of sp³-hybridized carbons (Fsp3) is 0.385. The lowest BCUT2D eigenvalue weighted by molar-refractivity contribution is 0.607. The summed E-state index contributed by atoms with van der Waals surface area (Å²) in [5.74, 6) is 0.542. The first-order valence-electron chi connectivity index (χ1n) is 6.77. The molecule has 0 aliphatic rings. The molecule has 1 heterocycles. The van der Waals surface area contributed by atoms with E-state index in [0.29, 0.717) is 12.4 Å². The highest BCUT2D eigenvalue weighted by molar-refractivity contribution is 7.92. The predicted octanol–water partition coefficient (Wildman–Crippen LogP) is 2.43. The standard InChI is InChI=1S/C13H16Cl2N4O3S/c1-4-5-18-8(2)16-19(13(18)20)12-7-11(17-23(3,21)22)9(14)6-10(12)15/h6-7,17H,4-5H2,1-3H3. The van der Waals surface area contributed by atoms with Gasteiger partial charge in [-0.25, -0.2) is 13.2 Å². The van der Waals surface area contributed by atoms with Crippen molar-refractivity contribution in [2.24, 2.45) is 0 Å². The van der Waals surface area contributed by atoms with Gasteiger partial charge in [0.15, 0.2) is 0 Å². The molecule has 2 aromatic rings. The van der Waals surface area contributed by atoms with Crippen LogP contribution in [0.15, 0.2) is 16.9 Å².